The number of amides is 1. The van der Waals surface area contributed by atoms with Gasteiger partial charge in [-0.2, -0.15) is 5.26 Å². The molecule has 6 heteroatoms. The minimum Gasteiger partial charge on any atom is -0.349 e. The molecule has 1 amide bonds. The third kappa shape index (κ3) is 4.52. The lowest BCUT2D eigenvalue weighted by Gasteiger charge is -2.06. The number of aryl methyl sites for hydroxylation is 1. The molecule has 0 radical (unpaired) electrons. The van der Waals surface area contributed by atoms with E-state index in [4.69, 9.17) is 5.26 Å². The number of carbonyl (C=O) groups excluding carboxylic acids is 2. The Bertz CT molecular complexity index is 1140. The summed E-state index contributed by atoms with van der Waals surface area (Å²) in [6, 6.07) is 16.7. The van der Waals surface area contributed by atoms with Crippen LogP contribution in [0.4, 0.5) is 0 Å². The van der Waals surface area contributed by atoms with Gasteiger partial charge in [0.05, 0.1) is 34.7 Å². The number of carbonyl (C=O) groups is 2. The van der Waals surface area contributed by atoms with Crippen LogP contribution in [0.3, 0.4) is 0 Å². The molecule has 29 heavy (non-hydrogen) atoms. The first-order valence-electron chi connectivity index (χ1n) is 9.63. The van der Waals surface area contributed by atoms with Gasteiger partial charge in [-0.1, -0.05) is 35.9 Å². The normalized spacial score (nSPS) is 14.3. The van der Waals surface area contributed by atoms with E-state index in [1.165, 1.54) is 16.9 Å². The van der Waals surface area contributed by atoms with Gasteiger partial charge in [0, 0.05) is 6.42 Å². The fourth-order valence-corrected chi connectivity index (χ4v) is 4.32. The summed E-state index contributed by atoms with van der Waals surface area (Å²) >= 11 is 1.49. The van der Waals surface area contributed by atoms with Crippen LogP contribution in [0.1, 0.15) is 29.8 Å². The number of ketones is 1. The number of nitriles is 1. The number of hydrogen-bond donors (Lipinski definition) is 1. The second-order valence-corrected chi connectivity index (χ2v) is 8.84. The number of benzene rings is 2. The van der Waals surface area contributed by atoms with Gasteiger partial charge in [0.25, 0.3) is 0 Å². The number of rotatable bonds is 7. The van der Waals surface area contributed by atoms with Crippen molar-refractivity contribution in [3.05, 3.63) is 53.0 Å². The predicted octanol–water partition coefficient (Wildman–Crippen LogP) is 4.19. The zero-order valence-corrected chi connectivity index (χ0v) is 17.0. The zero-order chi connectivity index (χ0) is 20.4. The maximum absolute atomic E-state index is 12.2. The molecule has 1 heterocycles. The zero-order valence-electron chi connectivity index (χ0n) is 16.2. The van der Waals surface area contributed by atoms with Crippen LogP contribution in [0, 0.1) is 23.7 Å². The van der Waals surface area contributed by atoms with E-state index in [0.29, 0.717) is 0 Å². The second kappa shape index (κ2) is 7.76. The molecule has 1 saturated carbocycles. The van der Waals surface area contributed by atoms with E-state index in [1.54, 1.807) is 0 Å². The van der Waals surface area contributed by atoms with Crippen molar-refractivity contribution < 1.29 is 9.59 Å². The standard InChI is InChI=1S/C23H21N3O2S/c1-15-3-2-4-16(9-15)17-5-6-20-19(10-17)26-22(29-20)11-21(28)25-13-18(27)12-23(14-24)7-8-23/h2-6,9-10H,7-8,11-13H2,1H3,(H,25,28). The van der Waals surface area contributed by atoms with E-state index in [1.807, 2.05) is 18.2 Å². The number of nitrogens with zero attached hydrogens (tertiary/aromatic N) is 2. The minimum absolute atomic E-state index is 0.0231. The summed E-state index contributed by atoms with van der Waals surface area (Å²) < 4.78 is 1.03. The minimum atomic E-state index is -0.468. The molecule has 1 aliphatic carbocycles. The number of hydrogen-bond acceptors (Lipinski definition) is 5. The van der Waals surface area contributed by atoms with Gasteiger partial charge in [-0.15, -0.1) is 11.3 Å². The number of nitrogens with one attached hydrogen (secondary N) is 1. The van der Waals surface area contributed by atoms with Crippen LogP contribution in [0.25, 0.3) is 21.3 Å². The van der Waals surface area contributed by atoms with Crippen LogP contribution in [0.5, 0.6) is 0 Å². The van der Waals surface area contributed by atoms with Crippen LogP contribution in [0.15, 0.2) is 42.5 Å². The Morgan fingerprint density at radius 3 is 2.72 bits per heavy atom. The molecule has 0 aliphatic heterocycles. The van der Waals surface area contributed by atoms with Crippen molar-refractivity contribution in [3.8, 4) is 17.2 Å². The van der Waals surface area contributed by atoms with Crippen LogP contribution in [0.2, 0.25) is 0 Å². The predicted molar refractivity (Wildman–Crippen MR) is 113 cm³/mol. The molecular formula is C23H21N3O2S. The van der Waals surface area contributed by atoms with Gasteiger partial charge in [0.15, 0.2) is 5.78 Å². The molecule has 0 unspecified atom stereocenters. The highest BCUT2D eigenvalue weighted by atomic mass is 32.1. The molecule has 1 aliphatic rings. The number of Topliss-reactive ketones (excluding diaryl/α,β-unsaturated/α-hetero) is 1. The fourth-order valence-electron chi connectivity index (χ4n) is 3.37. The molecule has 1 fully saturated rings. The van der Waals surface area contributed by atoms with Crippen molar-refractivity contribution in [2.24, 2.45) is 5.41 Å². The van der Waals surface area contributed by atoms with Crippen molar-refractivity contribution in [2.75, 3.05) is 6.54 Å². The average molecular weight is 404 g/mol. The highest BCUT2D eigenvalue weighted by Crippen LogP contribution is 2.48. The number of thiazole rings is 1. The van der Waals surface area contributed by atoms with E-state index in [-0.39, 0.29) is 31.1 Å². The first-order chi connectivity index (χ1) is 14.0. The highest BCUT2D eigenvalue weighted by Gasteiger charge is 2.44. The number of aromatic nitrogens is 1. The first kappa shape index (κ1) is 19.3. The Hall–Kier alpha value is -3.04. The molecule has 0 atom stereocenters. The summed E-state index contributed by atoms with van der Waals surface area (Å²) in [6.07, 6.45) is 1.93. The van der Waals surface area contributed by atoms with Gasteiger partial charge in [0.1, 0.15) is 5.01 Å². The van der Waals surface area contributed by atoms with Crippen molar-refractivity contribution in [3.63, 3.8) is 0 Å². The SMILES string of the molecule is Cc1cccc(-c2ccc3sc(CC(=O)NCC(=O)CC4(C#N)CC4)nc3c2)c1. The third-order valence-corrected chi connectivity index (χ3v) is 6.24. The van der Waals surface area contributed by atoms with Crippen molar-refractivity contribution in [2.45, 2.75) is 32.6 Å². The maximum atomic E-state index is 12.2. The van der Waals surface area contributed by atoms with Crippen LogP contribution in [-0.4, -0.2) is 23.2 Å². The molecule has 1 N–H and O–H groups in total. The Kier molecular flexibility index (Phi) is 5.16. The monoisotopic (exact) mass is 403 g/mol. The Balaban J connectivity index is 1.38. The third-order valence-electron chi connectivity index (χ3n) is 5.20. The lowest BCUT2D eigenvalue weighted by molar-refractivity contribution is -0.125. The summed E-state index contributed by atoms with van der Waals surface area (Å²) in [7, 11) is 0. The lowest BCUT2D eigenvalue weighted by atomic mass is 10.0. The van der Waals surface area contributed by atoms with E-state index >= 15 is 0 Å². The molecule has 146 valence electrons. The fraction of sp³-hybridized carbons (Fsp3) is 0.304. The average Bonchev–Trinajstić information content (AvgIpc) is 3.36. The Morgan fingerprint density at radius 2 is 2.00 bits per heavy atom. The quantitative estimate of drug-likeness (QED) is 0.641. The molecule has 1 aromatic heterocycles. The smallest absolute Gasteiger partial charge is 0.227 e. The topological polar surface area (TPSA) is 82.9 Å². The molecule has 0 bridgehead atoms. The van der Waals surface area contributed by atoms with E-state index in [9.17, 15) is 9.59 Å². The van der Waals surface area contributed by atoms with Crippen molar-refractivity contribution in [1.29, 1.82) is 5.26 Å². The maximum Gasteiger partial charge on any atom is 0.227 e. The number of fused-ring (bicyclic) bond motifs is 1. The van der Waals surface area contributed by atoms with Crippen LogP contribution in [-0.2, 0) is 16.0 Å². The van der Waals surface area contributed by atoms with Gasteiger partial charge in [0.2, 0.25) is 5.91 Å². The van der Waals surface area contributed by atoms with Gasteiger partial charge >= 0.3 is 0 Å². The molecule has 3 aromatic rings. The van der Waals surface area contributed by atoms with Crippen molar-refractivity contribution >= 4 is 33.2 Å². The van der Waals surface area contributed by atoms with Gasteiger partial charge in [-0.25, -0.2) is 4.98 Å². The molecule has 5 nitrogen and oxygen atoms in total. The van der Waals surface area contributed by atoms with E-state index in [0.717, 1.165) is 39.2 Å². The molecule has 2 aromatic carbocycles. The van der Waals surface area contributed by atoms with Crippen LogP contribution >= 0.6 is 11.3 Å². The summed E-state index contributed by atoms with van der Waals surface area (Å²) in [5.74, 6) is -0.317. The summed E-state index contributed by atoms with van der Waals surface area (Å²) in [4.78, 5) is 28.8. The van der Waals surface area contributed by atoms with Gasteiger partial charge in [-0.3, -0.25) is 9.59 Å². The Morgan fingerprint density at radius 1 is 1.21 bits per heavy atom. The van der Waals surface area contributed by atoms with Gasteiger partial charge in [-0.05, 0) is 43.0 Å². The second-order valence-electron chi connectivity index (χ2n) is 7.72. The highest BCUT2D eigenvalue weighted by molar-refractivity contribution is 7.18. The molecule has 4 rings (SSSR count). The van der Waals surface area contributed by atoms with E-state index < -0.39 is 5.41 Å². The molecule has 0 saturated heterocycles. The lowest BCUT2D eigenvalue weighted by Crippen LogP contribution is -2.31. The van der Waals surface area contributed by atoms with Crippen molar-refractivity contribution in [1.82, 2.24) is 10.3 Å². The first-order valence-corrected chi connectivity index (χ1v) is 10.4. The Labute approximate surface area is 173 Å². The largest absolute Gasteiger partial charge is 0.349 e. The van der Waals surface area contributed by atoms with Gasteiger partial charge < -0.3 is 5.32 Å². The summed E-state index contributed by atoms with van der Waals surface area (Å²) in [5, 5.41) is 12.4. The van der Waals surface area contributed by atoms with Crippen LogP contribution < -0.4 is 5.32 Å². The summed E-state index contributed by atoms with van der Waals surface area (Å²) in [6.45, 7) is 2.04. The summed E-state index contributed by atoms with van der Waals surface area (Å²) in [5.41, 5.74) is 3.85. The molecule has 0 spiro atoms. The molecular weight excluding hydrogens is 382 g/mol. The van der Waals surface area contributed by atoms with E-state index in [2.05, 4.69) is 47.6 Å².